The highest BCUT2D eigenvalue weighted by Gasteiger charge is 2.40. The van der Waals surface area contributed by atoms with Crippen molar-refractivity contribution < 1.29 is 28.7 Å². The standard InChI is InChI=1S/C47H54N10O6/c48-43(59)41-42(31-6-9-36(10-7-31)63-35-4-2-1-3-5-35)51-57-38(14-19-49-44(41)57)30-15-20-52(21-16-30)33-17-22-54(23-18-33)47(62)55-26-24-53(25-27-55)34-8-11-37-32(28-34)29-56(46(37)61)39-12-13-40(58)50-45(39)60/h1-11,28,30,33,38-39,49H,12-27,29H2,(H2,48,59)(H,50,58,60). The fourth-order valence-electron chi connectivity index (χ4n) is 10.7. The fraction of sp³-hybridized carbons (Fsp3) is 0.447. The number of carbonyl (C=O) groups excluding carboxylic acids is 5. The molecule has 7 heterocycles. The third-order valence-corrected chi connectivity index (χ3v) is 14.1. The molecule has 4 saturated heterocycles. The first kappa shape index (κ1) is 40.6. The van der Waals surface area contributed by atoms with E-state index < -0.39 is 17.9 Å². The molecular formula is C47H54N10O6. The molecule has 2 unspecified atom stereocenters. The van der Waals surface area contributed by atoms with Gasteiger partial charge in [-0.3, -0.25) is 24.5 Å². The third kappa shape index (κ3) is 7.96. The first-order chi connectivity index (χ1) is 30.7. The number of nitrogens with zero attached hydrogens (tertiary/aromatic N) is 7. The van der Waals surface area contributed by atoms with Crippen molar-refractivity contribution in [3.8, 4) is 22.8 Å². The van der Waals surface area contributed by atoms with Crippen molar-refractivity contribution >= 4 is 41.2 Å². The molecule has 3 aromatic carbocycles. The van der Waals surface area contributed by atoms with E-state index in [1.165, 1.54) is 0 Å². The van der Waals surface area contributed by atoms with E-state index in [1.54, 1.807) is 4.90 Å². The lowest BCUT2D eigenvalue weighted by Crippen LogP contribution is -2.56. The highest BCUT2D eigenvalue weighted by atomic mass is 16.5. The molecule has 10 rings (SSSR count). The Morgan fingerprint density at radius 1 is 0.762 bits per heavy atom. The Hall–Kier alpha value is -6.42. The number of hydrogen-bond donors (Lipinski definition) is 3. The van der Waals surface area contributed by atoms with Crippen molar-refractivity contribution in [2.24, 2.45) is 11.7 Å². The van der Waals surface area contributed by atoms with E-state index in [1.807, 2.05) is 87.3 Å². The zero-order chi connectivity index (χ0) is 43.2. The number of nitrogens with one attached hydrogen (secondary N) is 2. The van der Waals surface area contributed by atoms with Crippen LogP contribution in [-0.2, 0) is 16.1 Å². The summed E-state index contributed by atoms with van der Waals surface area (Å²) < 4.78 is 8.02. The summed E-state index contributed by atoms with van der Waals surface area (Å²) in [6.07, 6.45) is 5.48. The van der Waals surface area contributed by atoms with Crippen molar-refractivity contribution in [1.29, 1.82) is 0 Å². The lowest BCUT2D eigenvalue weighted by Gasteiger charge is -2.45. The van der Waals surface area contributed by atoms with Crippen molar-refractivity contribution in [3.63, 3.8) is 0 Å². The van der Waals surface area contributed by atoms with Gasteiger partial charge in [0.25, 0.3) is 11.8 Å². The number of para-hydroxylation sites is 1. The zero-order valence-electron chi connectivity index (χ0n) is 35.4. The van der Waals surface area contributed by atoms with E-state index in [2.05, 4.69) is 20.4 Å². The number of carbonyl (C=O) groups is 5. The molecule has 4 aromatic rings. The maximum Gasteiger partial charge on any atom is 0.320 e. The molecule has 4 N–H and O–H groups in total. The van der Waals surface area contributed by atoms with Gasteiger partial charge in [0, 0.05) is 81.6 Å². The van der Waals surface area contributed by atoms with Gasteiger partial charge in [-0.05, 0) is 118 Å². The van der Waals surface area contributed by atoms with Crippen LogP contribution in [0.1, 0.15) is 77.3 Å². The maximum atomic E-state index is 13.7. The number of imide groups is 1. The van der Waals surface area contributed by atoms with Gasteiger partial charge in [-0.25, -0.2) is 9.48 Å². The summed E-state index contributed by atoms with van der Waals surface area (Å²) in [5.74, 6) is 1.20. The Labute approximate surface area is 366 Å². The number of primary amides is 1. The minimum absolute atomic E-state index is 0.110. The molecular weight excluding hydrogens is 801 g/mol. The molecule has 0 saturated carbocycles. The van der Waals surface area contributed by atoms with E-state index in [0.717, 1.165) is 87.4 Å². The van der Waals surface area contributed by atoms with Crippen LogP contribution in [0.25, 0.3) is 11.3 Å². The summed E-state index contributed by atoms with van der Waals surface area (Å²) in [7, 11) is 0. The summed E-state index contributed by atoms with van der Waals surface area (Å²) in [6, 6.07) is 23.2. The molecule has 63 heavy (non-hydrogen) atoms. The van der Waals surface area contributed by atoms with Crippen LogP contribution in [0.2, 0.25) is 0 Å². The lowest BCUT2D eigenvalue weighted by atomic mass is 9.85. The molecule has 1 aromatic heterocycles. The van der Waals surface area contributed by atoms with Gasteiger partial charge in [-0.15, -0.1) is 0 Å². The molecule has 328 valence electrons. The molecule has 0 spiro atoms. The number of urea groups is 1. The van der Waals surface area contributed by atoms with Crippen LogP contribution in [-0.4, -0.2) is 130 Å². The highest BCUT2D eigenvalue weighted by molar-refractivity contribution is 6.06. The number of nitrogens with two attached hydrogens (primary N) is 1. The van der Waals surface area contributed by atoms with E-state index in [-0.39, 0.29) is 30.3 Å². The predicted octanol–water partition coefficient (Wildman–Crippen LogP) is 4.68. The van der Waals surface area contributed by atoms with Crippen molar-refractivity contribution in [2.45, 2.75) is 69.6 Å². The zero-order valence-corrected chi connectivity index (χ0v) is 35.4. The topological polar surface area (TPSA) is 179 Å². The number of piperazine rings is 1. The Kier molecular flexibility index (Phi) is 11.0. The Morgan fingerprint density at radius 3 is 2.19 bits per heavy atom. The van der Waals surface area contributed by atoms with Crippen LogP contribution in [0.5, 0.6) is 11.5 Å². The Morgan fingerprint density at radius 2 is 1.48 bits per heavy atom. The molecule has 4 fully saturated rings. The van der Waals surface area contributed by atoms with Crippen LogP contribution in [0.4, 0.5) is 16.3 Å². The number of hydrogen-bond acceptors (Lipinski definition) is 10. The molecule has 0 aliphatic carbocycles. The molecule has 2 atom stereocenters. The number of ether oxygens (including phenoxy) is 1. The molecule has 0 bridgehead atoms. The minimum Gasteiger partial charge on any atom is -0.457 e. The molecule has 6 aliphatic heterocycles. The minimum atomic E-state index is -0.636. The second-order valence-corrected chi connectivity index (χ2v) is 17.7. The third-order valence-electron chi connectivity index (χ3n) is 14.1. The van der Waals surface area contributed by atoms with E-state index in [9.17, 15) is 24.0 Å². The lowest BCUT2D eigenvalue weighted by molar-refractivity contribution is -0.136. The second kappa shape index (κ2) is 17.0. The normalized spacial score (nSPS) is 22.4. The highest BCUT2D eigenvalue weighted by Crippen LogP contribution is 2.41. The van der Waals surface area contributed by atoms with Gasteiger partial charge in [0.05, 0.1) is 6.04 Å². The predicted molar refractivity (Wildman–Crippen MR) is 235 cm³/mol. The summed E-state index contributed by atoms with van der Waals surface area (Å²) in [5, 5.41) is 10.9. The summed E-state index contributed by atoms with van der Waals surface area (Å²) in [4.78, 5) is 74.4. The fourth-order valence-corrected chi connectivity index (χ4v) is 10.7. The van der Waals surface area contributed by atoms with Gasteiger partial charge in [0.15, 0.2) is 0 Å². The van der Waals surface area contributed by atoms with Crippen LogP contribution in [0, 0.1) is 5.92 Å². The number of benzene rings is 3. The summed E-state index contributed by atoms with van der Waals surface area (Å²) in [6.45, 7) is 7.21. The first-order valence-electron chi connectivity index (χ1n) is 22.5. The van der Waals surface area contributed by atoms with Gasteiger partial charge in [-0.1, -0.05) is 18.2 Å². The van der Waals surface area contributed by atoms with Crippen LogP contribution < -0.4 is 26.0 Å². The quantitative estimate of drug-likeness (QED) is 0.211. The molecule has 16 heteroatoms. The van der Waals surface area contributed by atoms with Gasteiger partial charge in [0.1, 0.15) is 34.6 Å². The molecule has 0 radical (unpaired) electrons. The van der Waals surface area contributed by atoms with Crippen molar-refractivity contribution in [3.05, 3.63) is 89.5 Å². The number of rotatable bonds is 8. The SMILES string of the molecule is NC(=O)c1c(-c2ccc(Oc3ccccc3)cc2)nn2c1NCCC2C1CCN(C2CCN(C(=O)N3CCN(c4ccc5c(c4)CN(C4CCC(=O)NC4=O)C5=O)CC3)CC2)CC1. The summed E-state index contributed by atoms with van der Waals surface area (Å²) in [5.41, 5.74) is 10.3. The van der Waals surface area contributed by atoms with E-state index in [0.29, 0.717) is 79.5 Å². The number of fused-ring (bicyclic) bond motifs is 2. The van der Waals surface area contributed by atoms with Crippen LogP contribution in [0.3, 0.4) is 0 Å². The van der Waals surface area contributed by atoms with E-state index in [4.69, 9.17) is 15.6 Å². The van der Waals surface area contributed by atoms with Gasteiger partial charge >= 0.3 is 6.03 Å². The van der Waals surface area contributed by atoms with Gasteiger partial charge in [0.2, 0.25) is 11.8 Å². The smallest absolute Gasteiger partial charge is 0.320 e. The largest absolute Gasteiger partial charge is 0.457 e. The second-order valence-electron chi connectivity index (χ2n) is 17.7. The number of aromatic nitrogens is 2. The molecule has 16 nitrogen and oxygen atoms in total. The maximum absolute atomic E-state index is 13.7. The monoisotopic (exact) mass is 854 g/mol. The number of anilines is 2. The average Bonchev–Trinajstić information content (AvgIpc) is 3.87. The summed E-state index contributed by atoms with van der Waals surface area (Å²) >= 11 is 0. The van der Waals surface area contributed by atoms with Gasteiger partial charge < -0.3 is 40.3 Å². The van der Waals surface area contributed by atoms with Gasteiger partial charge in [-0.2, -0.15) is 5.10 Å². The number of likely N-dealkylation sites (tertiary alicyclic amines) is 2. The van der Waals surface area contributed by atoms with Crippen molar-refractivity contribution in [1.82, 2.24) is 34.7 Å². The molecule has 6 amide bonds. The van der Waals surface area contributed by atoms with Crippen LogP contribution >= 0.6 is 0 Å². The van der Waals surface area contributed by atoms with Crippen LogP contribution in [0.15, 0.2) is 72.8 Å². The number of amides is 6. The Balaban J connectivity index is 0.702. The Bertz CT molecular complexity index is 2400. The average molecular weight is 855 g/mol. The van der Waals surface area contributed by atoms with Crippen molar-refractivity contribution in [2.75, 3.05) is 69.1 Å². The number of piperidine rings is 3. The van der Waals surface area contributed by atoms with E-state index >= 15 is 0 Å². The first-order valence-corrected chi connectivity index (χ1v) is 22.5. The molecule has 6 aliphatic rings.